The minimum absolute atomic E-state index is 0.509. The van der Waals surface area contributed by atoms with Gasteiger partial charge in [0, 0.05) is 11.4 Å². The normalized spacial score (nSPS) is 24.0. The van der Waals surface area contributed by atoms with Gasteiger partial charge in [-0.3, -0.25) is 0 Å². The van der Waals surface area contributed by atoms with Crippen LogP contribution in [0.3, 0.4) is 0 Å². The molecule has 0 saturated heterocycles. The van der Waals surface area contributed by atoms with Crippen LogP contribution >= 0.6 is 0 Å². The van der Waals surface area contributed by atoms with Crippen LogP contribution in [0.5, 0.6) is 0 Å². The van der Waals surface area contributed by atoms with Crippen LogP contribution in [-0.2, 0) is 12.8 Å². The lowest BCUT2D eigenvalue weighted by Crippen LogP contribution is -2.36. The van der Waals surface area contributed by atoms with E-state index in [2.05, 4.69) is 59.2 Å². The molecular weight excluding hydrogens is 220 g/mol. The molecule has 2 atom stereocenters. The van der Waals surface area contributed by atoms with E-state index >= 15 is 0 Å². The first-order valence-electron chi connectivity index (χ1n) is 6.59. The smallest absolute Gasteiger partial charge is 0.0507 e. The van der Waals surface area contributed by atoms with Gasteiger partial charge in [-0.05, 0) is 36.1 Å². The molecule has 0 spiro atoms. The summed E-state index contributed by atoms with van der Waals surface area (Å²) in [6.07, 6.45) is 2.25. The zero-order valence-corrected chi connectivity index (χ0v) is 10.2. The van der Waals surface area contributed by atoms with Crippen LogP contribution in [0.2, 0.25) is 0 Å². The standard InChI is InChI=1S/C16H16N2/c1-3-7-13-11(5-1)9-15(17-13)16-10-12-6-2-4-8-14(12)18-16/h1-8,15-18H,9-10H2/t15-,16-/m1/s1. The largest absolute Gasteiger partial charge is 0.380 e. The molecule has 4 rings (SSSR count). The first-order chi connectivity index (χ1) is 8.90. The van der Waals surface area contributed by atoms with Crippen molar-refractivity contribution >= 4 is 11.4 Å². The van der Waals surface area contributed by atoms with Crippen molar-refractivity contribution < 1.29 is 0 Å². The van der Waals surface area contributed by atoms with Crippen molar-refractivity contribution in [3.8, 4) is 0 Å². The second kappa shape index (κ2) is 3.77. The Hall–Kier alpha value is -1.96. The molecule has 2 N–H and O–H groups in total. The van der Waals surface area contributed by atoms with Crippen LogP contribution in [0, 0.1) is 0 Å². The van der Waals surface area contributed by atoms with Gasteiger partial charge in [-0.25, -0.2) is 0 Å². The summed E-state index contributed by atoms with van der Waals surface area (Å²) in [5.41, 5.74) is 5.50. The maximum absolute atomic E-state index is 3.65. The summed E-state index contributed by atoms with van der Waals surface area (Å²) in [4.78, 5) is 0. The van der Waals surface area contributed by atoms with Crippen LogP contribution < -0.4 is 10.6 Å². The van der Waals surface area contributed by atoms with Crippen molar-refractivity contribution in [1.29, 1.82) is 0 Å². The molecule has 0 aliphatic carbocycles. The van der Waals surface area contributed by atoms with E-state index in [1.54, 1.807) is 0 Å². The Morgan fingerprint density at radius 3 is 1.56 bits per heavy atom. The molecule has 0 saturated carbocycles. The van der Waals surface area contributed by atoms with Crippen molar-refractivity contribution in [2.75, 3.05) is 10.6 Å². The molecule has 2 aliphatic rings. The Morgan fingerprint density at radius 2 is 1.11 bits per heavy atom. The van der Waals surface area contributed by atoms with Crippen molar-refractivity contribution in [2.24, 2.45) is 0 Å². The third kappa shape index (κ3) is 1.49. The Balaban J connectivity index is 1.56. The van der Waals surface area contributed by atoms with Crippen molar-refractivity contribution in [1.82, 2.24) is 0 Å². The van der Waals surface area contributed by atoms with Crippen LogP contribution in [0.4, 0.5) is 11.4 Å². The highest BCUT2D eigenvalue weighted by Gasteiger charge is 2.31. The minimum Gasteiger partial charge on any atom is -0.380 e. The first-order valence-corrected chi connectivity index (χ1v) is 6.59. The molecule has 0 bridgehead atoms. The summed E-state index contributed by atoms with van der Waals surface area (Å²) in [6, 6.07) is 18.3. The molecule has 2 heteroatoms. The SMILES string of the molecule is c1ccc2c(c1)C[C@H]([C@H]1Cc3ccccc3N1)N2. The highest BCUT2D eigenvalue weighted by molar-refractivity contribution is 5.61. The van der Waals surface area contributed by atoms with Crippen molar-refractivity contribution in [3.05, 3.63) is 59.7 Å². The molecule has 2 aliphatic heterocycles. The molecule has 2 heterocycles. The number of rotatable bonds is 1. The zero-order chi connectivity index (χ0) is 11.9. The van der Waals surface area contributed by atoms with E-state index in [0.29, 0.717) is 12.1 Å². The maximum atomic E-state index is 3.65. The molecule has 0 radical (unpaired) electrons. The molecule has 0 unspecified atom stereocenters. The number of para-hydroxylation sites is 2. The van der Waals surface area contributed by atoms with Gasteiger partial charge in [-0.15, -0.1) is 0 Å². The average molecular weight is 236 g/mol. The van der Waals surface area contributed by atoms with Crippen LogP contribution in [-0.4, -0.2) is 12.1 Å². The molecule has 0 aromatic heterocycles. The number of fused-ring (bicyclic) bond motifs is 2. The van der Waals surface area contributed by atoms with Gasteiger partial charge in [0.15, 0.2) is 0 Å². The Bertz CT molecular complexity index is 488. The third-order valence-electron chi connectivity index (χ3n) is 4.08. The molecule has 0 amide bonds. The van der Waals surface area contributed by atoms with E-state index in [9.17, 15) is 0 Å². The predicted molar refractivity (Wildman–Crippen MR) is 75.1 cm³/mol. The third-order valence-corrected chi connectivity index (χ3v) is 4.08. The van der Waals surface area contributed by atoms with Crippen LogP contribution in [0.15, 0.2) is 48.5 Å². The Labute approximate surface area is 107 Å². The molecule has 0 fully saturated rings. The highest BCUT2D eigenvalue weighted by atomic mass is 15.1. The molecule has 2 aromatic rings. The summed E-state index contributed by atoms with van der Waals surface area (Å²) in [5.74, 6) is 0. The number of anilines is 2. The minimum atomic E-state index is 0.509. The zero-order valence-electron chi connectivity index (χ0n) is 10.2. The monoisotopic (exact) mass is 236 g/mol. The quantitative estimate of drug-likeness (QED) is 0.795. The summed E-state index contributed by atoms with van der Waals surface area (Å²) in [5, 5.41) is 7.30. The van der Waals surface area contributed by atoms with Crippen molar-refractivity contribution in [3.63, 3.8) is 0 Å². The fourth-order valence-corrected chi connectivity index (χ4v) is 3.14. The molecule has 90 valence electrons. The van der Waals surface area contributed by atoms with E-state index < -0.39 is 0 Å². The summed E-state index contributed by atoms with van der Waals surface area (Å²) < 4.78 is 0. The molecule has 2 nitrogen and oxygen atoms in total. The topological polar surface area (TPSA) is 24.1 Å². The number of nitrogens with one attached hydrogen (secondary N) is 2. The molecule has 18 heavy (non-hydrogen) atoms. The van der Waals surface area contributed by atoms with Gasteiger partial charge >= 0.3 is 0 Å². The van der Waals surface area contributed by atoms with Gasteiger partial charge in [0.1, 0.15) is 0 Å². The second-order valence-electron chi connectivity index (χ2n) is 5.22. The fraction of sp³-hybridized carbons (Fsp3) is 0.250. The van der Waals surface area contributed by atoms with Gasteiger partial charge in [0.25, 0.3) is 0 Å². The van der Waals surface area contributed by atoms with Crippen LogP contribution in [0.25, 0.3) is 0 Å². The number of hydrogen-bond acceptors (Lipinski definition) is 2. The van der Waals surface area contributed by atoms with E-state index in [1.165, 1.54) is 22.5 Å². The molecular formula is C16H16N2. The lowest BCUT2D eigenvalue weighted by Gasteiger charge is -2.20. The highest BCUT2D eigenvalue weighted by Crippen LogP contribution is 2.33. The number of hydrogen-bond donors (Lipinski definition) is 2. The maximum Gasteiger partial charge on any atom is 0.0507 e. The summed E-state index contributed by atoms with van der Waals surface area (Å²) in [7, 11) is 0. The van der Waals surface area contributed by atoms with E-state index in [4.69, 9.17) is 0 Å². The second-order valence-corrected chi connectivity index (χ2v) is 5.22. The summed E-state index contributed by atoms with van der Waals surface area (Å²) in [6.45, 7) is 0. The molecule has 2 aromatic carbocycles. The van der Waals surface area contributed by atoms with Gasteiger partial charge in [-0.2, -0.15) is 0 Å². The van der Waals surface area contributed by atoms with Gasteiger partial charge in [0.05, 0.1) is 12.1 Å². The van der Waals surface area contributed by atoms with Gasteiger partial charge < -0.3 is 10.6 Å². The van der Waals surface area contributed by atoms with E-state index in [0.717, 1.165) is 12.8 Å². The lowest BCUT2D eigenvalue weighted by atomic mass is 10.0. The predicted octanol–water partition coefficient (Wildman–Crippen LogP) is 3.06. The van der Waals surface area contributed by atoms with Gasteiger partial charge in [0.2, 0.25) is 0 Å². The van der Waals surface area contributed by atoms with E-state index in [1.807, 2.05) is 0 Å². The Kier molecular flexibility index (Phi) is 2.10. The van der Waals surface area contributed by atoms with Crippen LogP contribution in [0.1, 0.15) is 11.1 Å². The summed E-state index contributed by atoms with van der Waals surface area (Å²) >= 11 is 0. The van der Waals surface area contributed by atoms with Gasteiger partial charge in [-0.1, -0.05) is 36.4 Å². The Morgan fingerprint density at radius 1 is 0.667 bits per heavy atom. The average Bonchev–Trinajstić information content (AvgIpc) is 3.02. The number of benzene rings is 2. The lowest BCUT2D eigenvalue weighted by molar-refractivity contribution is 0.621. The van der Waals surface area contributed by atoms with E-state index in [-0.39, 0.29) is 0 Å². The fourth-order valence-electron chi connectivity index (χ4n) is 3.14. The van der Waals surface area contributed by atoms with Crippen molar-refractivity contribution in [2.45, 2.75) is 24.9 Å². The first kappa shape index (κ1) is 10.0.